The van der Waals surface area contributed by atoms with Crippen LogP contribution in [-0.2, 0) is 6.42 Å². The summed E-state index contributed by atoms with van der Waals surface area (Å²) in [5, 5.41) is 0. The van der Waals surface area contributed by atoms with Crippen LogP contribution in [0.4, 0.5) is 0 Å². The maximum absolute atomic E-state index is 6.56. The first-order valence-electron chi connectivity index (χ1n) is 7.47. The fraction of sp³-hybridized carbons (Fsp3) is 0.647. The molecule has 19 heavy (non-hydrogen) atoms. The van der Waals surface area contributed by atoms with Crippen molar-refractivity contribution in [1.82, 2.24) is 0 Å². The molecule has 1 saturated carbocycles. The summed E-state index contributed by atoms with van der Waals surface area (Å²) in [6.45, 7) is 6.63. The first-order valence-corrected chi connectivity index (χ1v) is 7.47. The predicted molar refractivity (Wildman–Crippen MR) is 78.4 cm³/mol. The van der Waals surface area contributed by atoms with Crippen LogP contribution in [0.15, 0.2) is 18.2 Å². The number of fused-ring (bicyclic) bond motifs is 1. The van der Waals surface area contributed by atoms with Crippen LogP contribution in [-0.4, -0.2) is 5.60 Å². The van der Waals surface area contributed by atoms with Crippen molar-refractivity contribution in [3.8, 4) is 5.75 Å². The molecule has 2 aliphatic rings. The van der Waals surface area contributed by atoms with Gasteiger partial charge < -0.3 is 10.5 Å². The molecule has 1 aliphatic carbocycles. The predicted octanol–water partition coefficient (Wildman–Crippen LogP) is 3.98. The van der Waals surface area contributed by atoms with E-state index in [0.29, 0.717) is 0 Å². The summed E-state index contributed by atoms with van der Waals surface area (Å²) in [7, 11) is 0. The van der Waals surface area contributed by atoms with E-state index in [4.69, 9.17) is 10.5 Å². The van der Waals surface area contributed by atoms with E-state index in [1.807, 2.05) is 0 Å². The lowest BCUT2D eigenvalue weighted by Crippen LogP contribution is -2.29. The van der Waals surface area contributed by atoms with Crippen molar-refractivity contribution in [2.75, 3.05) is 0 Å². The highest BCUT2D eigenvalue weighted by atomic mass is 16.5. The lowest BCUT2D eigenvalue weighted by molar-refractivity contribution is 0.138. The Bertz CT molecular complexity index is 486. The Hall–Kier alpha value is -1.02. The molecule has 0 radical (unpaired) electrons. The maximum Gasteiger partial charge on any atom is 0.123 e. The highest BCUT2D eigenvalue weighted by molar-refractivity contribution is 5.43. The normalized spacial score (nSPS) is 24.8. The Morgan fingerprint density at radius 3 is 2.53 bits per heavy atom. The first kappa shape index (κ1) is 13.0. The Morgan fingerprint density at radius 1 is 1.16 bits per heavy atom. The molecule has 3 rings (SSSR count). The molecule has 0 saturated heterocycles. The monoisotopic (exact) mass is 259 g/mol. The van der Waals surface area contributed by atoms with Gasteiger partial charge in [-0.3, -0.25) is 0 Å². The molecule has 1 aromatic carbocycles. The zero-order valence-corrected chi connectivity index (χ0v) is 12.3. The van der Waals surface area contributed by atoms with Crippen LogP contribution >= 0.6 is 0 Å². The van der Waals surface area contributed by atoms with Crippen molar-refractivity contribution in [2.45, 2.75) is 64.5 Å². The molecule has 0 bridgehead atoms. The highest BCUT2D eigenvalue weighted by Crippen LogP contribution is 2.47. The van der Waals surface area contributed by atoms with Gasteiger partial charge in [-0.15, -0.1) is 0 Å². The van der Waals surface area contributed by atoms with Crippen molar-refractivity contribution >= 4 is 0 Å². The molecule has 0 amide bonds. The number of rotatable bonds is 2. The fourth-order valence-electron chi connectivity index (χ4n) is 3.72. The second-order valence-electron chi connectivity index (χ2n) is 7.24. The average molecular weight is 259 g/mol. The third kappa shape index (κ3) is 2.27. The van der Waals surface area contributed by atoms with E-state index in [1.165, 1.54) is 36.8 Å². The molecule has 104 valence electrons. The SMILES string of the molecule is CC1(C)Cc2cc(C(N)C3(C)CCCC3)ccc2O1. The topological polar surface area (TPSA) is 35.2 Å². The van der Waals surface area contributed by atoms with Crippen LogP contribution in [0.3, 0.4) is 0 Å². The summed E-state index contributed by atoms with van der Waals surface area (Å²) in [4.78, 5) is 0. The van der Waals surface area contributed by atoms with E-state index in [-0.39, 0.29) is 17.1 Å². The molecule has 1 aromatic rings. The standard InChI is InChI=1S/C17H25NO/c1-16(2)11-13-10-12(6-7-14(13)19-16)15(18)17(3)8-4-5-9-17/h6-7,10,15H,4-5,8-9,11,18H2,1-3H3. The van der Waals surface area contributed by atoms with Crippen LogP contribution in [0.5, 0.6) is 5.75 Å². The second kappa shape index (κ2) is 4.24. The Balaban J connectivity index is 1.88. The van der Waals surface area contributed by atoms with Gasteiger partial charge in [0.15, 0.2) is 0 Å². The largest absolute Gasteiger partial charge is 0.487 e. The number of ether oxygens (including phenoxy) is 1. The van der Waals surface area contributed by atoms with Gasteiger partial charge in [-0.1, -0.05) is 31.9 Å². The third-order valence-corrected chi connectivity index (χ3v) is 4.94. The van der Waals surface area contributed by atoms with Crippen LogP contribution in [0.25, 0.3) is 0 Å². The Kier molecular flexibility index (Phi) is 2.90. The van der Waals surface area contributed by atoms with Gasteiger partial charge in [0.25, 0.3) is 0 Å². The number of nitrogens with two attached hydrogens (primary N) is 1. The van der Waals surface area contributed by atoms with Crippen molar-refractivity contribution < 1.29 is 4.74 Å². The number of hydrogen-bond donors (Lipinski definition) is 1. The van der Waals surface area contributed by atoms with E-state index in [2.05, 4.69) is 39.0 Å². The molecule has 1 aliphatic heterocycles. The van der Waals surface area contributed by atoms with Gasteiger partial charge in [0.1, 0.15) is 11.4 Å². The molecular formula is C17H25NO. The van der Waals surface area contributed by atoms with Crippen molar-refractivity contribution in [3.63, 3.8) is 0 Å². The molecular weight excluding hydrogens is 234 g/mol. The molecule has 1 unspecified atom stereocenters. The highest BCUT2D eigenvalue weighted by Gasteiger charge is 2.37. The number of hydrogen-bond acceptors (Lipinski definition) is 2. The van der Waals surface area contributed by atoms with Crippen LogP contribution in [0, 0.1) is 5.41 Å². The van der Waals surface area contributed by atoms with E-state index in [1.54, 1.807) is 0 Å². The molecule has 2 nitrogen and oxygen atoms in total. The summed E-state index contributed by atoms with van der Waals surface area (Å²) in [6.07, 6.45) is 6.15. The van der Waals surface area contributed by atoms with Gasteiger partial charge in [0, 0.05) is 12.5 Å². The van der Waals surface area contributed by atoms with E-state index < -0.39 is 0 Å². The summed E-state index contributed by atoms with van der Waals surface area (Å²) in [5.74, 6) is 1.04. The molecule has 1 heterocycles. The summed E-state index contributed by atoms with van der Waals surface area (Å²) in [6, 6.07) is 6.70. The minimum atomic E-state index is -0.0672. The smallest absolute Gasteiger partial charge is 0.123 e. The Labute approximate surface area is 116 Å². The first-order chi connectivity index (χ1) is 8.90. The van der Waals surface area contributed by atoms with E-state index in [9.17, 15) is 0 Å². The minimum Gasteiger partial charge on any atom is -0.487 e. The van der Waals surface area contributed by atoms with Crippen molar-refractivity contribution in [3.05, 3.63) is 29.3 Å². The second-order valence-corrected chi connectivity index (χ2v) is 7.24. The van der Waals surface area contributed by atoms with Crippen LogP contribution in [0.2, 0.25) is 0 Å². The summed E-state index contributed by atoms with van der Waals surface area (Å²) < 4.78 is 5.94. The minimum absolute atomic E-state index is 0.0672. The molecule has 2 heteroatoms. The fourth-order valence-corrected chi connectivity index (χ4v) is 3.72. The van der Waals surface area contributed by atoms with Crippen LogP contribution < -0.4 is 10.5 Å². The van der Waals surface area contributed by atoms with Gasteiger partial charge in [-0.25, -0.2) is 0 Å². The Morgan fingerprint density at radius 2 is 1.84 bits per heavy atom. The lowest BCUT2D eigenvalue weighted by atomic mass is 9.77. The molecule has 1 fully saturated rings. The van der Waals surface area contributed by atoms with Gasteiger partial charge >= 0.3 is 0 Å². The molecule has 1 atom stereocenters. The molecule has 0 spiro atoms. The van der Waals surface area contributed by atoms with Gasteiger partial charge in [-0.2, -0.15) is 0 Å². The van der Waals surface area contributed by atoms with Crippen LogP contribution in [0.1, 0.15) is 63.6 Å². The molecule has 2 N–H and O–H groups in total. The van der Waals surface area contributed by atoms with E-state index in [0.717, 1.165) is 12.2 Å². The molecule has 0 aromatic heterocycles. The van der Waals surface area contributed by atoms with E-state index >= 15 is 0 Å². The summed E-state index contributed by atoms with van der Waals surface area (Å²) in [5.41, 5.74) is 9.37. The number of benzene rings is 1. The summed E-state index contributed by atoms with van der Waals surface area (Å²) >= 11 is 0. The lowest BCUT2D eigenvalue weighted by Gasteiger charge is -2.31. The quantitative estimate of drug-likeness (QED) is 0.872. The van der Waals surface area contributed by atoms with Gasteiger partial charge in [0.05, 0.1) is 0 Å². The average Bonchev–Trinajstić information content (AvgIpc) is 2.90. The van der Waals surface area contributed by atoms with Gasteiger partial charge in [0.2, 0.25) is 0 Å². The van der Waals surface area contributed by atoms with Crippen molar-refractivity contribution in [2.24, 2.45) is 11.1 Å². The third-order valence-electron chi connectivity index (χ3n) is 4.94. The zero-order valence-electron chi connectivity index (χ0n) is 12.3. The zero-order chi connectivity index (χ0) is 13.7. The maximum atomic E-state index is 6.56. The van der Waals surface area contributed by atoms with Crippen molar-refractivity contribution in [1.29, 1.82) is 0 Å². The van der Waals surface area contributed by atoms with Gasteiger partial charge in [-0.05, 0) is 49.3 Å².